The van der Waals surface area contributed by atoms with Gasteiger partial charge in [-0.3, -0.25) is 9.69 Å². The highest BCUT2D eigenvalue weighted by atomic mass is 16.6. The summed E-state index contributed by atoms with van der Waals surface area (Å²) in [5.74, 6) is -0.139. The van der Waals surface area contributed by atoms with Gasteiger partial charge in [0.25, 0.3) is 0 Å². The summed E-state index contributed by atoms with van der Waals surface area (Å²) in [6.45, 7) is 14.9. The van der Waals surface area contributed by atoms with Crippen LogP contribution in [0.5, 0.6) is 0 Å². The molecule has 1 aromatic rings. The fourth-order valence-electron chi connectivity index (χ4n) is 3.23. The van der Waals surface area contributed by atoms with Crippen molar-refractivity contribution in [1.82, 2.24) is 15.1 Å². The summed E-state index contributed by atoms with van der Waals surface area (Å²) in [5, 5.41) is 2.70. The molecule has 1 fully saturated rings. The number of hydrogen-bond donors (Lipinski definition) is 1. The third-order valence-corrected chi connectivity index (χ3v) is 4.83. The minimum Gasteiger partial charge on any atom is -0.444 e. The number of amides is 2. The van der Waals surface area contributed by atoms with Gasteiger partial charge in [-0.2, -0.15) is 0 Å². The maximum absolute atomic E-state index is 13.2. The van der Waals surface area contributed by atoms with E-state index in [4.69, 9.17) is 9.47 Å². The molecular formula is C25H39N3O4. The van der Waals surface area contributed by atoms with Crippen molar-refractivity contribution in [1.29, 1.82) is 0 Å². The predicted octanol–water partition coefficient (Wildman–Crippen LogP) is 3.55. The molecule has 0 spiro atoms. The van der Waals surface area contributed by atoms with Crippen molar-refractivity contribution < 1.29 is 19.1 Å². The molecule has 1 heterocycles. The van der Waals surface area contributed by atoms with Crippen LogP contribution in [0, 0.1) is 0 Å². The Morgan fingerprint density at radius 3 is 2.19 bits per heavy atom. The van der Waals surface area contributed by atoms with Gasteiger partial charge in [0.2, 0.25) is 5.91 Å². The molecule has 0 aromatic heterocycles. The molecule has 1 aromatic carbocycles. The molecule has 1 aliphatic heterocycles. The summed E-state index contributed by atoms with van der Waals surface area (Å²) in [7, 11) is 0. The highest BCUT2D eigenvalue weighted by Crippen LogP contribution is 2.12. The highest BCUT2D eigenvalue weighted by Gasteiger charge is 2.31. The molecule has 0 radical (unpaired) electrons. The molecule has 1 saturated heterocycles. The summed E-state index contributed by atoms with van der Waals surface area (Å²) >= 11 is 0. The van der Waals surface area contributed by atoms with Crippen LogP contribution in [0.15, 0.2) is 36.4 Å². The van der Waals surface area contributed by atoms with Crippen molar-refractivity contribution in [2.24, 2.45) is 0 Å². The fourth-order valence-corrected chi connectivity index (χ4v) is 3.23. The Balaban J connectivity index is 1.90. The summed E-state index contributed by atoms with van der Waals surface area (Å²) in [6, 6.07) is 9.42. The Labute approximate surface area is 192 Å². The van der Waals surface area contributed by atoms with Gasteiger partial charge in [-0.25, -0.2) is 4.79 Å². The number of carbonyl (C=O) groups excluding carboxylic acids is 2. The molecule has 0 bridgehead atoms. The van der Waals surface area contributed by atoms with E-state index in [1.165, 1.54) is 5.56 Å². The van der Waals surface area contributed by atoms with E-state index < -0.39 is 23.3 Å². The largest absolute Gasteiger partial charge is 0.444 e. The maximum Gasteiger partial charge on any atom is 0.408 e. The molecule has 0 aliphatic carbocycles. The second-order valence-corrected chi connectivity index (χ2v) is 10.1. The lowest BCUT2D eigenvalue weighted by atomic mass is 10.1. The van der Waals surface area contributed by atoms with E-state index in [1.54, 1.807) is 25.7 Å². The van der Waals surface area contributed by atoms with Crippen LogP contribution in [0.25, 0.3) is 6.08 Å². The minimum atomic E-state index is -0.784. The maximum atomic E-state index is 13.2. The van der Waals surface area contributed by atoms with Crippen LogP contribution in [0.2, 0.25) is 0 Å². The average Bonchev–Trinajstić information content (AvgIpc) is 2.70. The number of nitrogens with one attached hydrogen (secondary N) is 1. The van der Waals surface area contributed by atoms with E-state index in [0.29, 0.717) is 13.1 Å². The Kier molecular flexibility index (Phi) is 9.28. The highest BCUT2D eigenvalue weighted by molar-refractivity contribution is 5.86. The zero-order chi connectivity index (χ0) is 23.8. The minimum absolute atomic E-state index is 0.0988. The van der Waals surface area contributed by atoms with Crippen molar-refractivity contribution in [3.63, 3.8) is 0 Å². The first-order valence-electron chi connectivity index (χ1n) is 11.3. The van der Waals surface area contributed by atoms with Crippen LogP contribution in [0.1, 0.15) is 47.1 Å². The van der Waals surface area contributed by atoms with Gasteiger partial charge in [0, 0.05) is 32.7 Å². The molecule has 1 unspecified atom stereocenters. The van der Waals surface area contributed by atoms with Crippen LogP contribution < -0.4 is 5.32 Å². The van der Waals surface area contributed by atoms with Crippen molar-refractivity contribution in [3.8, 4) is 0 Å². The molecule has 1 aliphatic rings. The van der Waals surface area contributed by atoms with E-state index in [9.17, 15) is 9.59 Å². The first-order chi connectivity index (χ1) is 14.9. The van der Waals surface area contributed by atoms with Crippen LogP contribution in [0.3, 0.4) is 0 Å². The number of benzene rings is 1. The third-order valence-electron chi connectivity index (χ3n) is 4.83. The monoisotopic (exact) mass is 445 g/mol. The number of rotatable bonds is 7. The summed E-state index contributed by atoms with van der Waals surface area (Å²) in [4.78, 5) is 29.6. The number of nitrogens with zero attached hydrogens (tertiary/aromatic N) is 2. The predicted molar refractivity (Wildman–Crippen MR) is 127 cm³/mol. The molecular weight excluding hydrogens is 406 g/mol. The van der Waals surface area contributed by atoms with Gasteiger partial charge in [0.15, 0.2) is 0 Å². The Morgan fingerprint density at radius 2 is 1.62 bits per heavy atom. The van der Waals surface area contributed by atoms with E-state index in [0.717, 1.165) is 19.6 Å². The zero-order valence-electron chi connectivity index (χ0n) is 20.4. The van der Waals surface area contributed by atoms with E-state index >= 15 is 0 Å². The summed E-state index contributed by atoms with van der Waals surface area (Å²) < 4.78 is 11.2. The summed E-state index contributed by atoms with van der Waals surface area (Å²) in [6.07, 6.45) is 3.65. The smallest absolute Gasteiger partial charge is 0.408 e. The Bertz CT molecular complexity index is 758. The van der Waals surface area contributed by atoms with Gasteiger partial charge in [0.05, 0.1) is 12.2 Å². The molecule has 178 valence electrons. The van der Waals surface area contributed by atoms with Crippen LogP contribution in [-0.4, -0.2) is 78.4 Å². The van der Waals surface area contributed by atoms with Gasteiger partial charge in [-0.15, -0.1) is 0 Å². The molecule has 2 rings (SSSR count). The first kappa shape index (κ1) is 25.9. The molecule has 32 heavy (non-hydrogen) atoms. The molecule has 7 heteroatoms. The fraction of sp³-hybridized carbons (Fsp3) is 0.600. The normalized spacial score (nSPS) is 16.8. The zero-order valence-corrected chi connectivity index (χ0v) is 20.4. The lowest BCUT2D eigenvalue weighted by Gasteiger charge is -2.36. The van der Waals surface area contributed by atoms with Crippen molar-refractivity contribution >= 4 is 18.1 Å². The molecule has 1 N–H and O–H groups in total. The van der Waals surface area contributed by atoms with Crippen LogP contribution >= 0.6 is 0 Å². The van der Waals surface area contributed by atoms with Gasteiger partial charge < -0.3 is 19.7 Å². The Morgan fingerprint density at radius 1 is 1.00 bits per heavy atom. The van der Waals surface area contributed by atoms with Crippen molar-refractivity contribution in [2.45, 2.75) is 58.8 Å². The topological polar surface area (TPSA) is 71.1 Å². The first-order valence-corrected chi connectivity index (χ1v) is 11.3. The molecule has 1 atom stereocenters. The number of carbonyl (C=O) groups is 2. The SMILES string of the molecule is CC(C)(C)OCC(NC(=O)OC(C)(C)C)C(=O)N1CCN(CC=Cc2ccccc2)CC1. The molecule has 7 nitrogen and oxygen atoms in total. The van der Waals surface area contributed by atoms with Crippen molar-refractivity contribution in [2.75, 3.05) is 39.3 Å². The van der Waals surface area contributed by atoms with Crippen LogP contribution in [-0.2, 0) is 14.3 Å². The van der Waals surface area contributed by atoms with Gasteiger partial charge in [0.1, 0.15) is 11.6 Å². The quantitative estimate of drug-likeness (QED) is 0.695. The van der Waals surface area contributed by atoms with E-state index in [2.05, 4.69) is 34.5 Å². The number of piperazine rings is 1. The lowest BCUT2D eigenvalue weighted by molar-refractivity contribution is -0.138. The molecule has 0 saturated carbocycles. The number of ether oxygens (including phenoxy) is 2. The lowest BCUT2D eigenvalue weighted by Crippen LogP contribution is -2.57. The Hall–Kier alpha value is -2.38. The van der Waals surface area contributed by atoms with E-state index in [1.807, 2.05) is 39.0 Å². The average molecular weight is 446 g/mol. The van der Waals surface area contributed by atoms with Gasteiger partial charge in [-0.05, 0) is 47.1 Å². The molecule has 2 amide bonds. The third kappa shape index (κ3) is 9.83. The van der Waals surface area contributed by atoms with Gasteiger partial charge >= 0.3 is 6.09 Å². The number of hydrogen-bond acceptors (Lipinski definition) is 5. The van der Waals surface area contributed by atoms with E-state index in [-0.39, 0.29) is 12.5 Å². The standard InChI is InChI=1S/C25H39N3O4/c1-24(2,3)31-19-21(26-23(30)32-25(4,5)6)22(29)28-17-15-27(16-18-28)14-10-13-20-11-8-7-9-12-20/h7-13,21H,14-19H2,1-6H3,(H,26,30). The second-order valence-electron chi connectivity index (χ2n) is 10.1. The number of alkyl carbamates (subject to hydrolysis) is 1. The second kappa shape index (κ2) is 11.5. The summed E-state index contributed by atoms with van der Waals surface area (Å²) in [5.41, 5.74) is 0.121. The van der Waals surface area contributed by atoms with Crippen molar-refractivity contribution in [3.05, 3.63) is 42.0 Å². The van der Waals surface area contributed by atoms with Crippen LogP contribution in [0.4, 0.5) is 4.79 Å². The van der Waals surface area contributed by atoms with Gasteiger partial charge in [-0.1, -0.05) is 42.5 Å².